The molecule has 0 radical (unpaired) electrons. The van der Waals surface area contributed by atoms with Crippen LogP contribution in [-0.2, 0) is 5.41 Å². The second-order valence-electron chi connectivity index (χ2n) is 16.2. The minimum Gasteiger partial charge on any atom is -0.309 e. The van der Waals surface area contributed by atoms with E-state index in [4.69, 9.17) is 9.97 Å². The average molecular weight is 755 g/mol. The van der Waals surface area contributed by atoms with E-state index >= 15 is 0 Å². The van der Waals surface area contributed by atoms with Crippen molar-refractivity contribution in [2.45, 2.75) is 19.3 Å². The maximum Gasteiger partial charge on any atom is 0.235 e. The Labute approximate surface area is 342 Å². The van der Waals surface area contributed by atoms with Crippen LogP contribution >= 0.6 is 0 Å². The molecular weight excluding hydrogens is 717 g/mol. The highest BCUT2D eigenvalue weighted by Crippen LogP contribution is 2.54. The summed E-state index contributed by atoms with van der Waals surface area (Å²) in [4.78, 5) is 11.4. The van der Waals surface area contributed by atoms with E-state index < -0.39 is 5.41 Å². The summed E-state index contributed by atoms with van der Waals surface area (Å²) in [6.45, 7) is 4.70. The number of hydrogen-bond acceptors (Lipinski definition) is 2. The Morgan fingerprint density at radius 2 is 0.847 bits per heavy atom. The van der Waals surface area contributed by atoms with Crippen molar-refractivity contribution in [2.75, 3.05) is 0 Å². The zero-order chi connectivity index (χ0) is 39.2. The van der Waals surface area contributed by atoms with Crippen LogP contribution in [0.15, 0.2) is 194 Å². The van der Waals surface area contributed by atoms with Gasteiger partial charge in [0.15, 0.2) is 0 Å². The van der Waals surface area contributed by atoms with E-state index in [0.29, 0.717) is 5.95 Å². The van der Waals surface area contributed by atoms with Crippen LogP contribution in [0.2, 0.25) is 0 Å². The van der Waals surface area contributed by atoms with Gasteiger partial charge in [0.2, 0.25) is 5.95 Å². The first-order chi connectivity index (χ1) is 29.0. The standard InChI is InChI=1S/C55H38N4/c1-55(2)46-34-43(36-20-8-4-9-21-36)42(35-18-6-3-7-19-35)33-45(46)53-51(55)52(56-54(57-53)59-48-28-16-12-24-39(48)40-25-13-17-29-49(40)59)37-30-31-50-44(32-37)41-26-14-15-27-47(41)58(50)38-22-10-5-11-23-38/h3-34H,1-2H3. The summed E-state index contributed by atoms with van der Waals surface area (Å²) in [6, 6.07) is 69.9. The van der Waals surface area contributed by atoms with Crippen LogP contribution in [0.1, 0.15) is 25.0 Å². The molecule has 1 aliphatic carbocycles. The van der Waals surface area contributed by atoms with Crippen LogP contribution in [0.5, 0.6) is 0 Å². The lowest BCUT2D eigenvalue weighted by Gasteiger charge is -2.25. The third kappa shape index (κ3) is 4.96. The van der Waals surface area contributed by atoms with Crippen molar-refractivity contribution < 1.29 is 0 Å². The van der Waals surface area contributed by atoms with E-state index in [1.54, 1.807) is 0 Å². The van der Waals surface area contributed by atoms with Gasteiger partial charge in [0, 0.05) is 49.3 Å². The first-order valence-electron chi connectivity index (χ1n) is 20.3. The maximum atomic E-state index is 5.69. The Morgan fingerprint density at radius 1 is 0.373 bits per heavy atom. The number of para-hydroxylation sites is 4. The molecule has 8 aromatic carbocycles. The second kappa shape index (κ2) is 12.7. The third-order valence-electron chi connectivity index (χ3n) is 12.5. The van der Waals surface area contributed by atoms with Gasteiger partial charge in [-0.05, 0) is 82.4 Å². The fourth-order valence-electron chi connectivity index (χ4n) is 9.82. The van der Waals surface area contributed by atoms with E-state index in [1.807, 2.05) is 0 Å². The summed E-state index contributed by atoms with van der Waals surface area (Å²) < 4.78 is 4.63. The van der Waals surface area contributed by atoms with Crippen LogP contribution in [0, 0.1) is 0 Å². The van der Waals surface area contributed by atoms with Gasteiger partial charge in [-0.15, -0.1) is 0 Å². The molecule has 0 amide bonds. The van der Waals surface area contributed by atoms with Crippen LogP contribution in [0.25, 0.3) is 100 Å². The quantitative estimate of drug-likeness (QED) is 0.175. The normalized spacial score (nSPS) is 13.1. The fourth-order valence-corrected chi connectivity index (χ4v) is 9.82. The second-order valence-corrected chi connectivity index (χ2v) is 16.2. The molecule has 59 heavy (non-hydrogen) atoms. The predicted octanol–water partition coefficient (Wildman–Crippen LogP) is 14.0. The highest BCUT2D eigenvalue weighted by atomic mass is 15.2. The van der Waals surface area contributed by atoms with Crippen LogP contribution in [0.3, 0.4) is 0 Å². The molecule has 0 aliphatic heterocycles. The Hall–Kier alpha value is -7.56. The number of fused-ring (bicyclic) bond motifs is 9. The van der Waals surface area contributed by atoms with Crippen molar-refractivity contribution in [3.8, 4) is 56.4 Å². The zero-order valence-electron chi connectivity index (χ0n) is 32.8. The van der Waals surface area contributed by atoms with E-state index in [0.717, 1.165) is 50.3 Å². The van der Waals surface area contributed by atoms with Gasteiger partial charge in [-0.25, -0.2) is 9.97 Å². The molecule has 12 rings (SSSR count). The van der Waals surface area contributed by atoms with Crippen LogP contribution < -0.4 is 0 Å². The topological polar surface area (TPSA) is 35.6 Å². The van der Waals surface area contributed by atoms with Gasteiger partial charge in [0.25, 0.3) is 0 Å². The number of benzene rings is 8. The molecule has 11 aromatic rings. The van der Waals surface area contributed by atoms with Crippen molar-refractivity contribution in [3.05, 3.63) is 205 Å². The Kier molecular flexibility index (Phi) is 7.24. The van der Waals surface area contributed by atoms with E-state index in [2.05, 4.69) is 217 Å². The van der Waals surface area contributed by atoms with Gasteiger partial charge in [-0.1, -0.05) is 153 Å². The molecule has 0 unspecified atom stereocenters. The van der Waals surface area contributed by atoms with Crippen LogP contribution in [-0.4, -0.2) is 19.1 Å². The van der Waals surface area contributed by atoms with Crippen molar-refractivity contribution in [1.82, 2.24) is 19.1 Å². The summed E-state index contributed by atoms with van der Waals surface area (Å²) in [5.41, 5.74) is 16.6. The Bertz CT molecular complexity index is 3390. The molecular formula is C55H38N4. The summed E-state index contributed by atoms with van der Waals surface area (Å²) in [6.07, 6.45) is 0. The molecule has 278 valence electrons. The van der Waals surface area contributed by atoms with E-state index in [-0.39, 0.29) is 0 Å². The number of hydrogen-bond donors (Lipinski definition) is 0. The molecule has 0 N–H and O–H groups in total. The van der Waals surface area contributed by atoms with E-state index in [1.165, 1.54) is 54.9 Å². The van der Waals surface area contributed by atoms with Gasteiger partial charge in [0.05, 0.1) is 33.5 Å². The first kappa shape index (κ1) is 33.6. The summed E-state index contributed by atoms with van der Waals surface area (Å²) in [5, 5.41) is 4.77. The molecule has 4 nitrogen and oxygen atoms in total. The molecule has 0 spiro atoms. The predicted molar refractivity (Wildman–Crippen MR) is 245 cm³/mol. The van der Waals surface area contributed by atoms with Gasteiger partial charge in [-0.2, -0.15) is 0 Å². The molecule has 0 saturated heterocycles. The zero-order valence-corrected chi connectivity index (χ0v) is 32.8. The summed E-state index contributed by atoms with van der Waals surface area (Å²) in [7, 11) is 0. The smallest absolute Gasteiger partial charge is 0.235 e. The van der Waals surface area contributed by atoms with Gasteiger partial charge in [0.1, 0.15) is 0 Å². The van der Waals surface area contributed by atoms with E-state index in [9.17, 15) is 0 Å². The lowest BCUT2D eigenvalue weighted by Crippen LogP contribution is -2.18. The first-order valence-corrected chi connectivity index (χ1v) is 20.3. The number of aromatic nitrogens is 4. The monoisotopic (exact) mass is 754 g/mol. The summed E-state index contributed by atoms with van der Waals surface area (Å²) >= 11 is 0. The highest BCUT2D eigenvalue weighted by Gasteiger charge is 2.41. The summed E-state index contributed by atoms with van der Waals surface area (Å²) in [5.74, 6) is 0.667. The average Bonchev–Trinajstić information content (AvgIpc) is 3.89. The minimum absolute atomic E-state index is 0.412. The van der Waals surface area contributed by atoms with Crippen molar-refractivity contribution in [3.63, 3.8) is 0 Å². The molecule has 0 saturated carbocycles. The minimum atomic E-state index is -0.412. The van der Waals surface area contributed by atoms with Crippen molar-refractivity contribution >= 4 is 43.6 Å². The number of rotatable bonds is 5. The van der Waals surface area contributed by atoms with Crippen LogP contribution in [0.4, 0.5) is 0 Å². The molecule has 3 aromatic heterocycles. The molecule has 0 atom stereocenters. The molecule has 4 heteroatoms. The Balaban J connectivity index is 1.18. The largest absolute Gasteiger partial charge is 0.309 e. The van der Waals surface area contributed by atoms with Gasteiger partial charge in [-0.3, -0.25) is 4.57 Å². The molecule has 0 fully saturated rings. The fraction of sp³-hybridized carbons (Fsp3) is 0.0545. The van der Waals surface area contributed by atoms with Gasteiger partial charge < -0.3 is 4.57 Å². The van der Waals surface area contributed by atoms with Crippen molar-refractivity contribution in [2.24, 2.45) is 0 Å². The maximum absolute atomic E-state index is 5.69. The van der Waals surface area contributed by atoms with Gasteiger partial charge >= 0.3 is 0 Å². The third-order valence-corrected chi connectivity index (χ3v) is 12.5. The molecule has 1 aliphatic rings. The molecule has 0 bridgehead atoms. The Morgan fingerprint density at radius 3 is 1.46 bits per heavy atom. The highest BCUT2D eigenvalue weighted by molar-refractivity contribution is 6.11. The van der Waals surface area contributed by atoms with Crippen molar-refractivity contribution in [1.29, 1.82) is 0 Å². The number of nitrogens with zero attached hydrogens (tertiary/aromatic N) is 4. The lowest BCUT2D eigenvalue weighted by molar-refractivity contribution is 0.657. The SMILES string of the molecule is CC1(C)c2cc(-c3ccccc3)c(-c3ccccc3)cc2-c2nc(-n3c4ccccc4c4ccccc43)nc(-c3ccc4c(c3)c3ccccc3n4-c3ccccc3)c21. The lowest BCUT2D eigenvalue weighted by atomic mass is 9.79. The molecule has 3 heterocycles.